The number of nitrogens with one attached hydrogen (secondary N) is 2. The third kappa shape index (κ3) is 5.10. The molecule has 5 nitrogen and oxygen atoms in total. The van der Waals surface area contributed by atoms with Crippen LogP contribution in [0.25, 0.3) is 0 Å². The molecular formula is C20H29N3O2. The molecule has 2 N–H and O–H groups in total. The van der Waals surface area contributed by atoms with E-state index in [4.69, 9.17) is 4.42 Å². The van der Waals surface area contributed by atoms with Gasteiger partial charge in [0.25, 0.3) is 0 Å². The SMILES string of the molecule is Cc1ccccc1C(C)(C)CNC(=O)NC[C@H](c1ccco1)N(C)C. The molecule has 0 fully saturated rings. The first-order valence-electron chi connectivity index (χ1n) is 8.59. The van der Waals surface area contributed by atoms with Gasteiger partial charge in [-0.3, -0.25) is 4.90 Å². The molecule has 0 unspecified atom stereocenters. The third-order valence-corrected chi connectivity index (χ3v) is 4.52. The van der Waals surface area contributed by atoms with Gasteiger partial charge in [-0.2, -0.15) is 0 Å². The fraction of sp³-hybridized carbons (Fsp3) is 0.450. The first-order chi connectivity index (χ1) is 11.8. The maximum absolute atomic E-state index is 12.2. The molecule has 0 radical (unpaired) electrons. The molecule has 0 saturated heterocycles. The fourth-order valence-corrected chi connectivity index (χ4v) is 3.00. The molecule has 0 aliphatic carbocycles. The normalized spacial score (nSPS) is 12.9. The van der Waals surface area contributed by atoms with E-state index in [0.29, 0.717) is 13.1 Å². The predicted molar refractivity (Wildman–Crippen MR) is 101 cm³/mol. The molecule has 0 aliphatic rings. The largest absolute Gasteiger partial charge is 0.468 e. The maximum atomic E-state index is 12.2. The van der Waals surface area contributed by atoms with E-state index >= 15 is 0 Å². The highest BCUT2D eigenvalue weighted by Crippen LogP contribution is 2.25. The second-order valence-corrected chi connectivity index (χ2v) is 7.26. The zero-order valence-corrected chi connectivity index (χ0v) is 15.8. The number of benzene rings is 1. The van der Waals surface area contributed by atoms with E-state index in [2.05, 4.69) is 43.5 Å². The first kappa shape index (κ1) is 19.1. The third-order valence-electron chi connectivity index (χ3n) is 4.52. The quantitative estimate of drug-likeness (QED) is 0.809. The summed E-state index contributed by atoms with van der Waals surface area (Å²) in [5.41, 5.74) is 2.35. The van der Waals surface area contributed by atoms with E-state index in [1.54, 1.807) is 6.26 Å². The van der Waals surface area contributed by atoms with Crippen LogP contribution in [0.15, 0.2) is 47.1 Å². The number of rotatable bonds is 7. The van der Waals surface area contributed by atoms with Crippen molar-refractivity contribution >= 4 is 6.03 Å². The van der Waals surface area contributed by atoms with Gasteiger partial charge >= 0.3 is 6.03 Å². The van der Waals surface area contributed by atoms with E-state index in [0.717, 1.165) is 5.76 Å². The summed E-state index contributed by atoms with van der Waals surface area (Å²) in [5, 5.41) is 5.93. The highest BCUT2D eigenvalue weighted by Gasteiger charge is 2.23. The van der Waals surface area contributed by atoms with Gasteiger partial charge in [0.15, 0.2) is 0 Å². The summed E-state index contributed by atoms with van der Waals surface area (Å²) in [6, 6.07) is 11.9. The molecule has 2 aromatic rings. The van der Waals surface area contributed by atoms with E-state index in [-0.39, 0.29) is 17.5 Å². The molecule has 1 heterocycles. The number of urea groups is 1. The number of likely N-dealkylation sites (N-methyl/N-ethyl adjacent to an activating group) is 1. The van der Waals surface area contributed by atoms with Crippen LogP contribution in [0.1, 0.15) is 36.8 Å². The maximum Gasteiger partial charge on any atom is 0.314 e. The monoisotopic (exact) mass is 343 g/mol. The molecule has 0 bridgehead atoms. The van der Waals surface area contributed by atoms with Crippen molar-refractivity contribution in [1.82, 2.24) is 15.5 Å². The van der Waals surface area contributed by atoms with E-state index in [1.807, 2.05) is 43.3 Å². The minimum absolute atomic E-state index is 0.00475. The summed E-state index contributed by atoms with van der Waals surface area (Å²) < 4.78 is 5.46. The summed E-state index contributed by atoms with van der Waals surface area (Å²) in [6.07, 6.45) is 1.65. The van der Waals surface area contributed by atoms with Crippen LogP contribution in [0.4, 0.5) is 4.79 Å². The molecular weight excluding hydrogens is 314 g/mol. The number of aryl methyl sites for hydroxylation is 1. The zero-order chi connectivity index (χ0) is 18.4. The lowest BCUT2D eigenvalue weighted by molar-refractivity contribution is 0.223. The molecule has 1 aromatic heterocycles. The zero-order valence-electron chi connectivity index (χ0n) is 15.8. The van der Waals surface area contributed by atoms with Crippen LogP contribution in [0.5, 0.6) is 0 Å². The Morgan fingerprint density at radius 3 is 2.48 bits per heavy atom. The van der Waals surface area contributed by atoms with Gasteiger partial charge in [-0.1, -0.05) is 38.1 Å². The van der Waals surface area contributed by atoms with Gasteiger partial charge in [0.2, 0.25) is 0 Å². The summed E-state index contributed by atoms with van der Waals surface area (Å²) >= 11 is 0. The Hall–Kier alpha value is -2.27. The van der Waals surface area contributed by atoms with Gasteiger partial charge in [-0.15, -0.1) is 0 Å². The molecule has 0 spiro atoms. The predicted octanol–water partition coefficient (Wildman–Crippen LogP) is 3.47. The minimum Gasteiger partial charge on any atom is -0.468 e. The van der Waals surface area contributed by atoms with Crippen LogP contribution in [0.3, 0.4) is 0 Å². The van der Waals surface area contributed by atoms with Crippen molar-refractivity contribution in [2.24, 2.45) is 0 Å². The Morgan fingerprint density at radius 1 is 1.16 bits per heavy atom. The Kier molecular flexibility index (Phi) is 6.26. The minimum atomic E-state index is -0.167. The number of amides is 2. The topological polar surface area (TPSA) is 57.5 Å². The van der Waals surface area contributed by atoms with Crippen LogP contribution in [-0.4, -0.2) is 38.1 Å². The van der Waals surface area contributed by atoms with E-state index in [9.17, 15) is 4.79 Å². The van der Waals surface area contributed by atoms with Crippen molar-refractivity contribution in [2.45, 2.75) is 32.2 Å². The average Bonchev–Trinajstić information content (AvgIpc) is 3.07. The van der Waals surface area contributed by atoms with Crippen LogP contribution in [-0.2, 0) is 5.41 Å². The summed E-state index contributed by atoms with van der Waals surface area (Å²) in [7, 11) is 3.93. The molecule has 136 valence electrons. The smallest absolute Gasteiger partial charge is 0.314 e. The second kappa shape index (κ2) is 8.21. The van der Waals surface area contributed by atoms with Gasteiger partial charge in [0.05, 0.1) is 12.3 Å². The molecule has 2 amide bonds. The highest BCUT2D eigenvalue weighted by atomic mass is 16.3. The lowest BCUT2D eigenvalue weighted by Crippen LogP contribution is -2.44. The number of nitrogens with zero attached hydrogens (tertiary/aromatic N) is 1. The summed E-state index contributed by atoms with van der Waals surface area (Å²) in [5.74, 6) is 0.838. The van der Waals surface area contributed by atoms with Gasteiger partial charge in [-0.25, -0.2) is 4.79 Å². The Labute approximate surface area is 150 Å². The van der Waals surface area contributed by atoms with Crippen molar-refractivity contribution in [3.8, 4) is 0 Å². The standard InChI is InChI=1S/C20H29N3O2/c1-15-9-6-7-10-16(15)20(2,3)14-22-19(24)21-13-17(23(4)5)18-11-8-12-25-18/h6-12,17H,13-14H2,1-5H3,(H2,21,22,24)/t17-/m1/s1. The number of hydrogen-bond acceptors (Lipinski definition) is 3. The number of furan rings is 1. The van der Waals surface area contributed by atoms with Crippen molar-refractivity contribution in [3.63, 3.8) is 0 Å². The lowest BCUT2D eigenvalue weighted by atomic mass is 9.82. The molecule has 0 aliphatic heterocycles. The van der Waals surface area contributed by atoms with Crippen LogP contribution >= 0.6 is 0 Å². The Bertz CT molecular complexity index is 678. The molecule has 5 heteroatoms. The Balaban J connectivity index is 1.89. The second-order valence-electron chi connectivity index (χ2n) is 7.26. The van der Waals surface area contributed by atoms with Crippen molar-refractivity contribution < 1.29 is 9.21 Å². The molecule has 0 saturated carbocycles. The molecule has 1 atom stereocenters. The summed E-state index contributed by atoms with van der Waals surface area (Å²) in [4.78, 5) is 14.3. The number of carbonyl (C=O) groups is 1. The van der Waals surface area contributed by atoms with Gasteiger partial charge < -0.3 is 15.1 Å². The lowest BCUT2D eigenvalue weighted by Gasteiger charge is -2.28. The molecule has 2 rings (SSSR count). The first-order valence-corrected chi connectivity index (χ1v) is 8.59. The van der Waals surface area contributed by atoms with E-state index in [1.165, 1.54) is 11.1 Å². The molecule has 1 aromatic carbocycles. The number of hydrogen-bond donors (Lipinski definition) is 2. The van der Waals surface area contributed by atoms with Crippen molar-refractivity contribution in [3.05, 3.63) is 59.5 Å². The fourth-order valence-electron chi connectivity index (χ4n) is 3.00. The van der Waals surface area contributed by atoms with Gasteiger partial charge in [0.1, 0.15) is 5.76 Å². The van der Waals surface area contributed by atoms with Crippen LogP contribution in [0, 0.1) is 6.92 Å². The number of carbonyl (C=O) groups excluding carboxylic acids is 1. The Morgan fingerprint density at radius 2 is 1.88 bits per heavy atom. The van der Waals surface area contributed by atoms with Crippen LogP contribution < -0.4 is 10.6 Å². The summed E-state index contributed by atoms with van der Waals surface area (Å²) in [6.45, 7) is 7.43. The average molecular weight is 343 g/mol. The van der Waals surface area contributed by atoms with E-state index < -0.39 is 0 Å². The van der Waals surface area contributed by atoms with Crippen molar-refractivity contribution in [2.75, 3.05) is 27.2 Å². The van der Waals surface area contributed by atoms with Gasteiger partial charge in [-0.05, 0) is 44.3 Å². The molecule has 25 heavy (non-hydrogen) atoms. The highest BCUT2D eigenvalue weighted by molar-refractivity contribution is 5.74. The van der Waals surface area contributed by atoms with Crippen molar-refractivity contribution in [1.29, 1.82) is 0 Å². The van der Waals surface area contributed by atoms with Crippen LogP contribution in [0.2, 0.25) is 0 Å². The van der Waals surface area contributed by atoms with Gasteiger partial charge in [0, 0.05) is 18.5 Å².